The highest BCUT2D eigenvalue weighted by atomic mass is 32.1. The van der Waals surface area contributed by atoms with Gasteiger partial charge in [-0.25, -0.2) is 0 Å². The normalized spacial score (nSPS) is 13.8. The van der Waals surface area contributed by atoms with Gasteiger partial charge in [0.25, 0.3) is 0 Å². The maximum atomic E-state index is 4.64. The first-order chi connectivity index (χ1) is 16.8. The molecule has 5 rings (SSSR count). The van der Waals surface area contributed by atoms with Gasteiger partial charge in [-0.3, -0.25) is 0 Å². The first kappa shape index (κ1) is 23.2. The van der Waals surface area contributed by atoms with Gasteiger partial charge in [0.05, 0.1) is 11.7 Å². The van der Waals surface area contributed by atoms with Crippen LogP contribution >= 0.6 is 11.7 Å². The average molecular weight is 469 g/mol. The summed E-state index contributed by atoms with van der Waals surface area (Å²) < 4.78 is 9.12. The van der Waals surface area contributed by atoms with E-state index in [1.165, 1.54) is 98.2 Å². The van der Waals surface area contributed by atoms with E-state index in [9.17, 15) is 0 Å². The molecule has 0 saturated carbocycles. The molecule has 34 heavy (non-hydrogen) atoms. The molecular formula is C31H36N2S. The molecule has 0 aliphatic heterocycles. The Kier molecular flexibility index (Phi) is 7.10. The van der Waals surface area contributed by atoms with Crippen LogP contribution in [-0.4, -0.2) is 8.75 Å². The monoisotopic (exact) mass is 468 g/mol. The van der Waals surface area contributed by atoms with Gasteiger partial charge in [-0.05, 0) is 52.8 Å². The summed E-state index contributed by atoms with van der Waals surface area (Å²) in [7, 11) is 0. The van der Waals surface area contributed by atoms with E-state index in [4.69, 9.17) is 0 Å². The van der Waals surface area contributed by atoms with Crippen molar-refractivity contribution in [2.24, 2.45) is 0 Å². The summed E-state index contributed by atoms with van der Waals surface area (Å²) in [4.78, 5) is 0. The van der Waals surface area contributed by atoms with Crippen molar-refractivity contribution in [3.05, 3.63) is 71.8 Å². The largest absolute Gasteiger partial charge is 0.173 e. The smallest absolute Gasteiger partial charge is 0.112 e. The molecule has 1 aliphatic rings. The van der Waals surface area contributed by atoms with E-state index in [1.54, 1.807) is 11.1 Å². The van der Waals surface area contributed by atoms with Crippen molar-refractivity contribution in [1.82, 2.24) is 8.75 Å². The summed E-state index contributed by atoms with van der Waals surface area (Å²) in [5.74, 6) is 0. The number of aromatic nitrogens is 2. The van der Waals surface area contributed by atoms with Crippen LogP contribution in [0.1, 0.15) is 89.2 Å². The second-order valence-corrected chi connectivity index (χ2v) is 10.5. The number of hydrogen-bond acceptors (Lipinski definition) is 3. The minimum absolute atomic E-state index is 0.123. The standard InChI is InChI=1S/C31H36N2S/c1-3-5-7-11-20-31(21-12-8-6-4-2)27-16-10-9-14-25(27)26-19-18-23(22-28(26)31)24-15-13-17-29-30(24)33-34-32-29/h9-10,13-19,22H,3-8,11-12,20-21H2,1-2H3. The van der Waals surface area contributed by atoms with Gasteiger partial charge in [0, 0.05) is 11.0 Å². The molecule has 0 unspecified atom stereocenters. The quantitative estimate of drug-likeness (QED) is 0.205. The summed E-state index contributed by atoms with van der Waals surface area (Å²) in [5, 5.41) is 0. The van der Waals surface area contributed by atoms with Crippen LogP contribution in [0.4, 0.5) is 0 Å². The van der Waals surface area contributed by atoms with E-state index in [-0.39, 0.29) is 5.41 Å². The predicted molar refractivity (Wildman–Crippen MR) is 147 cm³/mol. The lowest BCUT2D eigenvalue weighted by atomic mass is 9.70. The van der Waals surface area contributed by atoms with Crippen LogP contribution < -0.4 is 0 Å². The van der Waals surface area contributed by atoms with Crippen LogP contribution in [0.15, 0.2) is 60.7 Å². The molecule has 0 amide bonds. The second-order valence-electron chi connectivity index (χ2n) is 9.95. The molecule has 0 saturated heterocycles. The summed E-state index contributed by atoms with van der Waals surface area (Å²) in [6, 6.07) is 22.8. The Labute approximate surface area is 208 Å². The minimum Gasteiger partial charge on any atom is -0.173 e. The zero-order valence-corrected chi connectivity index (χ0v) is 21.5. The highest BCUT2D eigenvalue weighted by Gasteiger charge is 2.42. The number of nitrogens with zero attached hydrogens (tertiary/aromatic N) is 2. The maximum Gasteiger partial charge on any atom is 0.112 e. The Morgan fingerprint density at radius 3 is 2.12 bits per heavy atom. The third-order valence-corrected chi connectivity index (χ3v) is 8.32. The van der Waals surface area contributed by atoms with Crippen LogP contribution in [0.5, 0.6) is 0 Å². The number of hydrogen-bond donors (Lipinski definition) is 0. The third-order valence-electron chi connectivity index (χ3n) is 7.78. The van der Waals surface area contributed by atoms with E-state index in [0.29, 0.717) is 0 Å². The molecule has 0 atom stereocenters. The fourth-order valence-electron chi connectivity index (χ4n) is 6.03. The zero-order valence-electron chi connectivity index (χ0n) is 20.6. The molecule has 1 heterocycles. The molecule has 3 heteroatoms. The molecule has 1 aliphatic carbocycles. The first-order valence-electron chi connectivity index (χ1n) is 13.2. The summed E-state index contributed by atoms with van der Waals surface area (Å²) >= 11 is 1.31. The van der Waals surface area contributed by atoms with Crippen LogP contribution in [0.2, 0.25) is 0 Å². The summed E-state index contributed by atoms with van der Waals surface area (Å²) in [6.45, 7) is 4.61. The Morgan fingerprint density at radius 1 is 0.647 bits per heavy atom. The lowest BCUT2D eigenvalue weighted by Crippen LogP contribution is -2.25. The lowest BCUT2D eigenvalue weighted by Gasteiger charge is -2.33. The second kappa shape index (κ2) is 10.4. The zero-order chi connectivity index (χ0) is 23.4. The van der Waals surface area contributed by atoms with Crippen molar-refractivity contribution in [2.75, 3.05) is 0 Å². The minimum atomic E-state index is 0.123. The molecule has 4 aromatic rings. The van der Waals surface area contributed by atoms with E-state index < -0.39 is 0 Å². The topological polar surface area (TPSA) is 25.8 Å². The molecule has 1 aromatic heterocycles. The molecule has 176 valence electrons. The Hall–Kier alpha value is -2.52. The highest BCUT2D eigenvalue weighted by molar-refractivity contribution is 7.00. The molecule has 0 spiro atoms. The Bertz CT molecular complexity index is 1240. The van der Waals surface area contributed by atoms with Crippen LogP contribution in [0.25, 0.3) is 33.3 Å². The van der Waals surface area contributed by atoms with E-state index in [2.05, 4.69) is 83.3 Å². The number of fused-ring (bicyclic) bond motifs is 4. The SMILES string of the molecule is CCCCCCC1(CCCCCC)c2ccccc2-c2ccc(-c3cccc4nsnc34)cc21. The highest BCUT2D eigenvalue weighted by Crippen LogP contribution is 2.55. The average Bonchev–Trinajstić information content (AvgIpc) is 3.46. The van der Waals surface area contributed by atoms with E-state index in [0.717, 1.165) is 11.0 Å². The van der Waals surface area contributed by atoms with Crippen LogP contribution in [0.3, 0.4) is 0 Å². The van der Waals surface area contributed by atoms with Crippen molar-refractivity contribution in [1.29, 1.82) is 0 Å². The summed E-state index contributed by atoms with van der Waals surface area (Å²) in [5.41, 5.74) is 10.6. The van der Waals surface area contributed by atoms with Crippen molar-refractivity contribution in [3.63, 3.8) is 0 Å². The fourth-order valence-corrected chi connectivity index (χ4v) is 6.58. The van der Waals surface area contributed by atoms with Gasteiger partial charge in [-0.15, -0.1) is 0 Å². The Morgan fingerprint density at radius 2 is 1.35 bits per heavy atom. The van der Waals surface area contributed by atoms with Gasteiger partial charge in [-0.2, -0.15) is 8.75 Å². The molecule has 3 aromatic carbocycles. The lowest BCUT2D eigenvalue weighted by molar-refractivity contribution is 0.401. The van der Waals surface area contributed by atoms with Gasteiger partial charge in [0.15, 0.2) is 0 Å². The fraction of sp³-hybridized carbons (Fsp3) is 0.419. The van der Waals surface area contributed by atoms with Crippen molar-refractivity contribution in [2.45, 2.75) is 83.5 Å². The molecule has 0 fully saturated rings. The van der Waals surface area contributed by atoms with Crippen molar-refractivity contribution < 1.29 is 0 Å². The molecule has 2 nitrogen and oxygen atoms in total. The van der Waals surface area contributed by atoms with Gasteiger partial charge >= 0.3 is 0 Å². The van der Waals surface area contributed by atoms with Gasteiger partial charge in [-0.1, -0.05) is 114 Å². The third kappa shape index (κ3) is 4.20. The molecule has 0 radical (unpaired) electrons. The molecular weight excluding hydrogens is 432 g/mol. The molecule has 0 N–H and O–H groups in total. The van der Waals surface area contributed by atoms with Gasteiger partial charge in [0.2, 0.25) is 0 Å². The van der Waals surface area contributed by atoms with Gasteiger partial charge in [0.1, 0.15) is 11.0 Å². The van der Waals surface area contributed by atoms with E-state index >= 15 is 0 Å². The first-order valence-corrected chi connectivity index (χ1v) is 14.0. The molecule has 0 bridgehead atoms. The number of unbranched alkanes of at least 4 members (excludes halogenated alkanes) is 6. The van der Waals surface area contributed by atoms with Crippen molar-refractivity contribution in [3.8, 4) is 22.3 Å². The van der Waals surface area contributed by atoms with Gasteiger partial charge < -0.3 is 0 Å². The predicted octanol–water partition coefficient (Wildman–Crippen LogP) is 9.57. The maximum absolute atomic E-state index is 4.64. The summed E-state index contributed by atoms with van der Waals surface area (Å²) in [6.07, 6.45) is 13.0. The van der Waals surface area contributed by atoms with Crippen LogP contribution in [-0.2, 0) is 5.41 Å². The van der Waals surface area contributed by atoms with Crippen molar-refractivity contribution >= 4 is 22.8 Å². The number of rotatable bonds is 11. The number of benzene rings is 3. The van der Waals surface area contributed by atoms with Crippen LogP contribution in [0, 0.1) is 0 Å². The van der Waals surface area contributed by atoms with E-state index in [1.807, 2.05) is 0 Å². The Balaban J connectivity index is 1.62.